The summed E-state index contributed by atoms with van der Waals surface area (Å²) in [5.74, 6) is 1.78. The van der Waals surface area contributed by atoms with E-state index in [1.165, 1.54) is 12.8 Å². The van der Waals surface area contributed by atoms with Crippen LogP contribution in [0.2, 0.25) is 0 Å². The Labute approximate surface area is 217 Å². The van der Waals surface area contributed by atoms with Crippen LogP contribution in [0.4, 0.5) is 0 Å². The highest BCUT2D eigenvalue weighted by Crippen LogP contribution is 2.32. The minimum atomic E-state index is -0.437. The standard InChI is InChI=1S/C31H34N2O4/c1-2-14-36-30-13-12-23(22-6-5-7-26(16-22)37-20-21-10-11-21)17-28(30)31(35)33-25(19-34)15-24-18-32-29-9-4-3-8-27(24)29/h3-9,12-13,16-18,21,25,32,34H,2,10-11,14-15,19-20H2,1H3,(H,33,35)/t25-/m1/s1. The molecule has 3 aromatic carbocycles. The van der Waals surface area contributed by atoms with Crippen molar-refractivity contribution in [2.75, 3.05) is 19.8 Å². The van der Waals surface area contributed by atoms with Gasteiger partial charge in [0.2, 0.25) is 0 Å². The summed E-state index contributed by atoms with van der Waals surface area (Å²) in [5.41, 5.74) is 4.42. The number of aromatic nitrogens is 1. The smallest absolute Gasteiger partial charge is 0.255 e. The summed E-state index contributed by atoms with van der Waals surface area (Å²) in [6.45, 7) is 3.13. The number of amides is 1. The zero-order valence-electron chi connectivity index (χ0n) is 21.2. The van der Waals surface area contributed by atoms with E-state index in [9.17, 15) is 9.90 Å². The van der Waals surface area contributed by atoms with Gasteiger partial charge in [-0.05, 0) is 78.6 Å². The van der Waals surface area contributed by atoms with Crippen molar-refractivity contribution < 1.29 is 19.4 Å². The highest BCUT2D eigenvalue weighted by molar-refractivity contribution is 5.98. The van der Waals surface area contributed by atoms with Gasteiger partial charge in [-0.15, -0.1) is 0 Å². The molecule has 0 bridgehead atoms. The Morgan fingerprint density at radius 2 is 1.89 bits per heavy atom. The second-order valence-corrected chi connectivity index (χ2v) is 9.76. The lowest BCUT2D eigenvalue weighted by Crippen LogP contribution is -2.39. The van der Waals surface area contributed by atoms with Gasteiger partial charge in [0.1, 0.15) is 11.5 Å². The van der Waals surface area contributed by atoms with Gasteiger partial charge in [0.15, 0.2) is 0 Å². The van der Waals surface area contributed by atoms with E-state index in [4.69, 9.17) is 9.47 Å². The second-order valence-electron chi connectivity index (χ2n) is 9.76. The zero-order valence-corrected chi connectivity index (χ0v) is 21.2. The predicted molar refractivity (Wildman–Crippen MR) is 146 cm³/mol. The zero-order chi connectivity index (χ0) is 25.6. The number of carbonyl (C=O) groups excluding carboxylic acids is 1. The molecule has 4 aromatic rings. The van der Waals surface area contributed by atoms with Crippen LogP contribution < -0.4 is 14.8 Å². The van der Waals surface area contributed by atoms with E-state index < -0.39 is 6.04 Å². The van der Waals surface area contributed by atoms with Crippen LogP contribution in [0.25, 0.3) is 22.0 Å². The number of nitrogens with one attached hydrogen (secondary N) is 2. The van der Waals surface area contributed by atoms with E-state index >= 15 is 0 Å². The maximum Gasteiger partial charge on any atom is 0.255 e. The Kier molecular flexibility index (Phi) is 7.76. The van der Waals surface area contributed by atoms with Crippen molar-refractivity contribution >= 4 is 16.8 Å². The van der Waals surface area contributed by atoms with E-state index in [-0.39, 0.29) is 12.5 Å². The minimum Gasteiger partial charge on any atom is -0.493 e. The molecule has 1 aliphatic rings. The van der Waals surface area contributed by atoms with Gasteiger partial charge in [-0.25, -0.2) is 0 Å². The number of aliphatic hydroxyl groups excluding tert-OH is 1. The molecule has 1 heterocycles. The molecule has 5 rings (SSSR count). The summed E-state index contributed by atoms with van der Waals surface area (Å²) in [6, 6.07) is 21.2. The topological polar surface area (TPSA) is 83.6 Å². The fraction of sp³-hybridized carbons (Fsp3) is 0.323. The molecule has 37 heavy (non-hydrogen) atoms. The fourth-order valence-electron chi connectivity index (χ4n) is 4.48. The molecule has 0 unspecified atom stereocenters. The summed E-state index contributed by atoms with van der Waals surface area (Å²) in [5, 5.41) is 14.2. The normalized spacial score (nSPS) is 13.9. The third-order valence-corrected chi connectivity index (χ3v) is 6.73. The molecular weight excluding hydrogens is 464 g/mol. The van der Waals surface area contributed by atoms with Gasteiger partial charge < -0.3 is 24.9 Å². The lowest BCUT2D eigenvalue weighted by atomic mass is 10.0. The number of benzene rings is 3. The molecule has 1 atom stereocenters. The number of H-pyrrole nitrogens is 1. The Hall–Kier alpha value is -3.77. The van der Waals surface area contributed by atoms with Gasteiger partial charge >= 0.3 is 0 Å². The average molecular weight is 499 g/mol. The highest BCUT2D eigenvalue weighted by atomic mass is 16.5. The Balaban J connectivity index is 1.37. The summed E-state index contributed by atoms with van der Waals surface area (Å²) >= 11 is 0. The van der Waals surface area contributed by atoms with Crippen molar-refractivity contribution in [2.45, 2.75) is 38.6 Å². The summed E-state index contributed by atoms with van der Waals surface area (Å²) in [7, 11) is 0. The van der Waals surface area contributed by atoms with E-state index in [2.05, 4.69) is 10.3 Å². The number of rotatable bonds is 12. The largest absolute Gasteiger partial charge is 0.493 e. The summed E-state index contributed by atoms with van der Waals surface area (Å²) in [6.07, 6.45) is 5.77. The minimum absolute atomic E-state index is 0.170. The highest BCUT2D eigenvalue weighted by Gasteiger charge is 2.22. The van der Waals surface area contributed by atoms with Crippen LogP contribution in [0, 0.1) is 5.92 Å². The van der Waals surface area contributed by atoms with E-state index in [0.717, 1.165) is 46.4 Å². The quantitative estimate of drug-likeness (QED) is 0.232. The number of para-hydroxylation sites is 1. The van der Waals surface area contributed by atoms with Crippen molar-refractivity contribution in [2.24, 2.45) is 5.92 Å². The van der Waals surface area contributed by atoms with Crippen LogP contribution in [0.5, 0.6) is 11.5 Å². The maximum atomic E-state index is 13.5. The number of hydrogen-bond donors (Lipinski definition) is 3. The van der Waals surface area contributed by atoms with E-state index in [0.29, 0.717) is 30.3 Å². The first kappa shape index (κ1) is 24.9. The lowest BCUT2D eigenvalue weighted by molar-refractivity contribution is 0.0912. The molecule has 1 fully saturated rings. The van der Waals surface area contributed by atoms with Crippen LogP contribution in [0.3, 0.4) is 0 Å². The van der Waals surface area contributed by atoms with Gasteiger partial charge in [0.05, 0.1) is 31.4 Å². The summed E-state index contributed by atoms with van der Waals surface area (Å²) in [4.78, 5) is 16.7. The molecule has 6 heteroatoms. The van der Waals surface area contributed by atoms with Gasteiger partial charge in [-0.2, -0.15) is 0 Å². The molecule has 1 amide bonds. The van der Waals surface area contributed by atoms with E-state index in [1.807, 2.05) is 79.9 Å². The van der Waals surface area contributed by atoms with Gasteiger partial charge in [0.25, 0.3) is 5.91 Å². The third-order valence-electron chi connectivity index (χ3n) is 6.73. The Morgan fingerprint density at radius 1 is 1.05 bits per heavy atom. The molecule has 3 N–H and O–H groups in total. The Bertz CT molecular complexity index is 1360. The van der Waals surface area contributed by atoms with Crippen molar-refractivity contribution in [1.29, 1.82) is 0 Å². The van der Waals surface area contributed by atoms with Gasteiger partial charge in [0, 0.05) is 17.1 Å². The van der Waals surface area contributed by atoms with E-state index in [1.54, 1.807) is 0 Å². The van der Waals surface area contributed by atoms with Crippen LogP contribution in [0.1, 0.15) is 42.1 Å². The molecule has 1 aliphatic carbocycles. The molecule has 192 valence electrons. The number of aromatic amines is 1. The molecule has 1 saturated carbocycles. The average Bonchev–Trinajstić information content (AvgIpc) is 3.69. The maximum absolute atomic E-state index is 13.5. The van der Waals surface area contributed by atoms with Crippen LogP contribution in [-0.2, 0) is 6.42 Å². The second kappa shape index (κ2) is 11.5. The summed E-state index contributed by atoms with van der Waals surface area (Å²) < 4.78 is 11.9. The van der Waals surface area contributed by atoms with Crippen LogP contribution in [0.15, 0.2) is 72.9 Å². The van der Waals surface area contributed by atoms with Crippen molar-refractivity contribution in [3.63, 3.8) is 0 Å². The fourth-order valence-corrected chi connectivity index (χ4v) is 4.48. The first-order valence-electron chi connectivity index (χ1n) is 13.1. The lowest BCUT2D eigenvalue weighted by Gasteiger charge is -2.18. The van der Waals surface area contributed by atoms with Crippen molar-refractivity contribution in [3.8, 4) is 22.6 Å². The monoisotopic (exact) mass is 498 g/mol. The Morgan fingerprint density at radius 3 is 2.70 bits per heavy atom. The molecule has 6 nitrogen and oxygen atoms in total. The molecular formula is C31H34N2O4. The molecule has 0 radical (unpaired) electrons. The van der Waals surface area contributed by atoms with Crippen molar-refractivity contribution in [1.82, 2.24) is 10.3 Å². The first-order chi connectivity index (χ1) is 18.1. The third kappa shape index (κ3) is 6.15. The van der Waals surface area contributed by atoms with Crippen molar-refractivity contribution in [3.05, 3.63) is 84.1 Å². The number of hydrogen-bond acceptors (Lipinski definition) is 4. The van der Waals surface area contributed by atoms with Crippen LogP contribution in [-0.4, -0.2) is 41.9 Å². The van der Waals surface area contributed by atoms with Gasteiger partial charge in [-0.1, -0.05) is 43.3 Å². The number of ether oxygens (including phenoxy) is 2. The molecule has 0 aliphatic heterocycles. The molecule has 0 spiro atoms. The molecule has 1 aromatic heterocycles. The number of aliphatic hydroxyl groups is 1. The molecule has 0 saturated heterocycles. The predicted octanol–water partition coefficient (Wildman–Crippen LogP) is 5.75. The van der Waals surface area contributed by atoms with Crippen LogP contribution >= 0.6 is 0 Å². The van der Waals surface area contributed by atoms with Gasteiger partial charge in [-0.3, -0.25) is 4.79 Å². The SMILES string of the molecule is CCCOc1ccc(-c2cccc(OCC3CC3)c2)cc1C(=O)N[C@@H](CO)Cc1c[nH]c2ccccc12. The number of fused-ring (bicyclic) bond motifs is 1. The number of carbonyl (C=O) groups is 1. The first-order valence-corrected chi connectivity index (χ1v) is 13.1.